The number of aliphatic carboxylic acids is 1. The molecule has 75 heavy (non-hydrogen) atoms. The fourth-order valence-electron chi connectivity index (χ4n) is 7.72. The Kier molecular flexibility index (Phi) is 29.7. The maximum Gasteiger partial charge on any atom is 0.352 e. The molecule has 0 spiro atoms. The molecule has 0 aromatic carbocycles. The lowest BCUT2D eigenvalue weighted by Crippen LogP contribution is -2.60. The number of carboxylic acid groups (broad SMARTS) is 1. The molecule has 0 saturated carbocycles. The number of guanidine groups is 1. The zero-order valence-electron chi connectivity index (χ0n) is 43.2. The van der Waals surface area contributed by atoms with E-state index < -0.39 is 120 Å². The van der Waals surface area contributed by atoms with E-state index in [1.54, 1.807) is 0 Å². The SMILES string of the molecule is CC(C)NCCCCC(N)C(=O)N[C@H](C(=O)N[C@@H](C)C(=O)NCC(=O)N[C@H](CCCN)C(=O)N1CCC[C@H]1C(=O)N[C@@H](Cc1cnc[nH]1)C(=O)N[C@@H](CCCCN)C(=O)N/C(=C\CCNC(=N)N)C(=O)O)[C@@H](O)CN. The van der Waals surface area contributed by atoms with Gasteiger partial charge in [0.2, 0.25) is 47.3 Å². The van der Waals surface area contributed by atoms with E-state index >= 15 is 0 Å². The number of likely N-dealkylation sites (tertiary alicyclic amines) is 1. The van der Waals surface area contributed by atoms with E-state index in [-0.39, 0.29) is 70.7 Å². The number of nitrogens with two attached hydrogens (primary N) is 5. The number of aliphatic hydroxyl groups excluding tert-OH is 1. The highest BCUT2D eigenvalue weighted by atomic mass is 16.4. The number of hydrogen-bond donors (Lipinski definition) is 18. The molecule has 29 nitrogen and oxygen atoms in total. The van der Waals surface area contributed by atoms with Crippen molar-refractivity contribution in [2.75, 3.05) is 45.8 Å². The Labute approximate surface area is 436 Å². The fraction of sp³-hybridized carbons (Fsp3) is 0.674. The van der Waals surface area contributed by atoms with Crippen molar-refractivity contribution < 1.29 is 53.4 Å². The summed E-state index contributed by atoms with van der Waals surface area (Å²) in [6.07, 6.45) is 5.88. The molecule has 1 aliphatic rings. The summed E-state index contributed by atoms with van der Waals surface area (Å²) in [4.78, 5) is 128. The number of nitrogens with zero attached hydrogens (tertiary/aromatic N) is 2. The molecule has 0 bridgehead atoms. The van der Waals surface area contributed by atoms with E-state index in [1.807, 2.05) is 13.8 Å². The number of carboxylic acids is 1. The molecule has 1 aromatic rings. The van der Waals surface area contributed by atoms with Crippen LogP contribution in [0.2, 0.25) is 0 Å². The number of imidazole rings is 1. The van der Waals surface area contributed by atoms with E-state index in [4.69, 9.17) is 34.1 Å². The molecule has 0 radical (unpaired) electrons. The van der Waals surface area contributed by atoms with Crippen LogP contribution in [0.25, 0.3) is 0 Å². The topological polar surface area (TPSA) is 488 Å². The van der Waals surface area contributed by atoms with Crippen LogP contribution < -0.4 is 76.5 Å². The second-order valence-corrected chi connectivity index (χ2v) is 18.4. The highest BCUT2D eigenvalue weighted by Crippen LogP contribution is 2.20. The number of unbranched alkanes of at least 4 members (excludes halogenated alkanes) is 2. The largest absolute Gasteiger partial charge is 0.477 e. The van der Waals surface area contributed by atoms with Gasteiger partial charge in [-0.15, -0.1) is 0 Å². The Balaban J connectivity index is 2.16. The van der Waals surface area contributed by atoms with E-state index in [0.717, 1.165) is 13.0 Å². The lowest BCUT2D eigenvalue weighted by atomic mass is 10.1. The molecule has 8 amide bonds. The smallest absolute Gasteiger partial charge is 0.352 e. The molecule has 23 N–H and O–H groups in total. The summed E-state index contributed by atoms with van der Waals surface area (Å²) in [5, 5.41) is 50.8. The summed E-state index contributed by atoms with van der Waals surface area (Å²) in [7, 11) is 0. The van der Waals surface area contributed by atoms with Crippen molar-refractivity contribution in [3.05, 3.63) is 30.0 Å². The van der Waals surface area contributed by atoms with E-state index in [2.05, 4.69) is 57.8 Å². The summed E-state index contributed by atoms with van der Waals surface area (Å²) in [5.41, 5.74) is 28.3. The van der Waals surface area contributed by atoms with Gasteiger partial charge in [0.1, 0.15) is 41.9 Å². The number of rotatable bonds is 36. The van der Waals surface area contributed by atoms with Crippen LogP contribution in [0.3, 0.4) is 0 Å². The van der Waals surface area contributed by atoms with Crippen LogP contribution in [0, 0.1) is 5.41 Å². The van der Waals surface area contributed by atoms with Gasteiger partial charge in [-0.05, 0) is 90.8 Å². The average molecular weight is 1060 g/mol. The van der Waals surface area contributed by atoms with Gasteiger partial charge in [0.25, 0.3) is 0 Å². The van der Waals surface area contributed by atoms with Gasteiger partial charge in [0.05, 0.1) is 25.0 Å². The minimum absolute atomic E-state index is 0.0493. The van der Waals surface area contributed by atoms with Gasteiger partial charge >= 0.3 is 5.97 Å². The van der Waals surface area contributed by atoms with Gasteiger partial charge < -0.3 is 96.6 Å². The first-order valence-corrected chi connectivity index (χ1v) is 25.3. The molecule has 2 rings (SSSR count). The highest BCUT2D eigenvalue weighted by Gasteiger charge is 2.40. The minimum Gasteiger partial charge on any atom is -0.477 e. The number of carbonyl (C=O) groups excluding carboxylic acids is 8. The van der Waals surface area contributed by atoms with Crippen LogP contribution in [0.15, 0.2) is 24.3 Å². The molecule has 422 valence electrons. The van der Waals surface area contributed by atoms with Crippen molar-refractivity contribution in [3.63, 3.8) is 0 Å². The number of nitrogens with one attached hydrogen (secondary N) is 11. The second-order valence-electron chi connectivity index (χ2n) is 18.4. The summed E-state index contributed by atoms with van der Waals surface area (Å²) in [6, 6.07) is -8.47. The summed E-state index contributed by atoms with van der Waals surface area (Å²) in [5.74, 6) is -8.07. The van der Waals surface area contributed by atoms with Crippen molar-refractivity contribution in [1.29, 1.82) is 5.41 Å². The van der Waals surface area contributed by atoms with Crippen LogP contribution >= 0.6 is 0 Å². The van der Waals surface area contributed by atoms with Crippen molar-refractivity contribution in [2.45, 2.75) is 152 Å². The number of aromatic nitrogens is 2. The molecule has 1 aromatic heterocycles. The predicted molar refractivity (Wildman–Crippen MR) is 275 cm³/mol. The lowest BCUT2D eigenvalue weighted by molar-refractivity contribution is -0.142. The molecule has 1 unspecified atom stereocenters. The van der Waals surface area contributed by atoms with Crippen LogP contribution in [-0.2, 0) is 49.6 Å². The normalized spacial score (nSPS) is 16.3. The maximum atomic E-state index is 14.2. The Bertz CT molecular complexity index is 2060. The Hall–Kier alpha value is -6.79. The number of H-pyrrole nitrogens is 1. The van der Waals surface area contributed by atoms with Crippen molar-refractivity contribution in [1.82, 2.24) is 62.7 Å². The first-order chi connectivity index (χ1) is 35.6. The molecule has 1 saturated heterocycles. The zero-order valence-corrected chi connectivity index (χ0v) is 43.2. The Morgan fingerprint density at radius 3 is 2.13 bits per heavy atom. The molecule has 8 atom stereocenters. The number of aliphatic hydroxyl groups is 1. The predicted octanol–water partition coefficient (Wildman–Crippen LogP) is -5.86. The first-order valence-electron chi connectivity index (χ1n) is 25.3. The summed E-state index contributed by atoms with van der Waals surface area (Å²) >= 11 is 0. The summed E-state index contributed by atoms with van der Waals surface area (Å²) in [6.45, 7) is 5.62. The first kappa shape index (κ1) is 64.3. The molecular weight excluding hydrogens is 981 g/mol. The second kappa shape index (κ2) is 34.7. The third kappa shape index (κ3) is 24.0. The van der Waals surface area contributed by atoms with Crippen LogP contribution in [0.1, 0.15) is 97.1 Å². The highest BCUT2D eigenvalue weighted by molar-refractivity contribution is 5.99. The average Bonchev–Trinajstić information content (AvgIpc) is 4.09. The fourth-order valence-corrected chi connectivity index (χ4v) is 7.72. The maximum absolute atomic E-state index is 14.2. The van der Waals surface area contributed by atoms with E-state index in [1.165, 1.54) is 30.4 Å². The zero-order chi connectivity index (χ0) is 56.0. The number of aromatic amines is 1. The van der Waals surface area contributed by atoms with Crippen LogP contribution in [0.4, 0.5) is 0 Å². The number of amides is 8. The van der Waals surface area contributed by atoms with Gasteiger partial charge in [-0.25, -0.2) is 9.78 Å². The van der Waals surface area contributed by atoms with Crippen LogP contribution in [0.5, 0.6) is 0 Å². The van der Waals surface area contributed by atoms with E-state index in [0.29, 0.717) is 43.8 Å². The van der Waals surface area contributed by atoms with Gasteiger partial charge in [-0.2, -0.15) is 0 Å². The standard InChI is InChI=1S/C46H82N18O11/c1-26(2)54-18-7-5-11-29(50)39(68)63-37(35(65)22-49)43(72)58-27(3)38(67)56-24-36(66)59-31(13-8-17-48)44(73)64-20-10-15-34(64)42(71)62-33(21-28-23-53-25-57-28)41(70)60-30(12-4-6-16-47)40(69)61-32(45(74)75)14-9-19-55-46(51)52/h14,23,25-27,29-31,33-35,37,54,65H,4-13,15-22,24,47-50H2,1-3H3,(H,53,57)(H,56,67)(H,58,72)(H,59,66)(H,60,70)(H,61,69)(H,62,71)(H,63,68)(H,74,75)(H4,51,52,55)/b32-14-/t27-,29?,30-,31+,33-,34-,35-,37-/m0/s1. The summed E-state index contributed by atoms with van der Waals surface area (Å²) < 4.78 is 0. The quantitative estimate of drug-likeness (QED) is 0.0129. The van der Waals surface area contributed by atoms with Crippen molar-refractivity contribution >= 4 is 59.2 Å². The Morgan fingerprint density at radius 2 is 1.51 bits per heavy atom. The molecule has 29 heteroatoms. The van der Waals surface area contributed by atoms with E-state index in [9.17, 15) is 53.4 Å². The van der Waals surface area contributed by atoms with Crippen LogP contribution in [-0.4, -0.2) is 185 Å². The van der Waals surface area contributed by atoms with Gasteiger partial charge in [0, 0.05) is 44.0 Å². The molecule has 1 aliphatic heterocycles. The molecule has 0 aliphatic carbocycles. The molecule has 2 heterocycles. The Morgan fingerprint density at radius 1 is 0.813 bits per heavy atom. The van der Waals surface area contributed by atoms with Gasteiger partial charge in [0.15, 0.2) is 5.96 Å². The van der Waals surface area contributed by atoms with Crippen molar-refractivity contribution in [3.8, 4) is 0 Å². The third-order valence-electron chi connectivity index (χ3n) is 11.9. The minimum atomic E-state index is -1.56. The third-order valence-corrected chi connectivity index (χ3v) is 11.9. The molecular formula is C46H82N18O11. The lowest BCUT2D eigenvalue weighted by Gasteiger charge is -2.30. The van der Waals surface area contributed by atoms with Gasteiger partial charge in [-0.3, -0.25) is 43.8 Å². The number of hydrogen-bond acceptors (Lipinski definition) is 17. The number of carbonyl (C=O) groups is 9. The van der Waals surface area contributed by atoms with Gasteiger partial charge in [-0.1, -0.05) is 26.3 Å². The molecule has 1 fully saturated rings. The monoisotopic (exact) mass is 1060 g/mol. The van der Waals surface area contributed by atoms with Crippen molar-refractivity contribution in [2.24, 2.45) is 28.7 Å².